The van der Waals surface area contributed by atoms with E-state index in [2.05, 4.69) is 4.72 Å². The summed E-state index contributed by atoms with van der Waals surface area (Å²) in [6.07, 6.45) is -4.64. The Kier molecular flexibility index (Phi) is 6.69. The normalized spacial score (nSPS) is 14.0. The van der Waals surface area contributed by atoms with Gasteiger partial charge in [0.05, 0.1) is 17.9 Å². The Morgan fingerprint density at radius 1 is 1.23 bits per heavy atom. The van der Waals surface area contributed by atoms with Gasteiger partial charge in [-0.2, -0.15) is 13.2 Å². The average Bonchev–Trinajstić information content (AvgIpc) is 2.43. The maximum atomic E-state index is 13.3. The predicted octanol–water partition coefficient (Wildman–Crippen LogP) is 3.16. The number of benzene rings is 1. The third kappa shape index (κ3) is 6.83. The molecule has 0 aliphatic heterocycles. The summed E-state index contributed by atoms with van der Waals surface area (Å²) < 4.78 is 70.2. The first-order valence-electron chi connectivity index (χ1n) is 7.68. The summed E-state index contributed by atoms with van der Waals surface area (Å²) in [6.45, 7) is 4.42. The Bertz CT molecular complexity index is 743. The van der Waals surface area contributed by atoms with Crippen LogP contribution in [0.25, 0.3) is 0 Å². The highest BCUT2D eigenvalue weighted by Gasteiger charge is 2.37. The highest BCUT2D eigenvalue weighted by atomic mass is 32.2. The zero-order valence-corrected chi connectivity index (χ0v) is 16.0. The van der Waals surface area contributed by atoms with Gasteiger partial charge < -0.3 is 9.64 Å². The van der Waals surface area contributed by atoms with Crippen LogP contribution in [0.4, 0.5) is 18.0 Å². The summed E-state index contributed by atoms with van der Waals surface area (Å²) in [5.41, 5.74) is -2.04. The fraction of sp³-hybridized carbons (Fsp3) is 0.562. The number of alkyl halides is 3. The van der Waals surface area contributed by atoms with Crippen LogP contribution in [0.1, 0.15) is 37.9 Å². The standard InChI is InChI=1S/C16H23F3N2O4S/c1-15(2,3)25-14(22)21(4)13(10-20-26(5,23)24)11-8-6-7-9-12(11)16(17,18)19/h6-9,13,20H,10H2,1-5H3. The van der Waals surface area contributed by atoms with Crippen LogP contribution in [-0.4, -0.2) is 44.9 Å². The van der Waals surface area contributed by atoms with Gasteiger partial charge in [-0.25, -0.2) is 17.9 Å². The van der Waals surface area contributed by atoms with E-state index in [4.69, 9.17) is 4.74 Å². The zero-order chi connectivity index (χ0) is 20.3. The van der Waals surface area contributed by atoms with Crippen LogP contribution in [0.15, 0.2) is 24.3 Å². The second-order valence-corrected chi connectivity index (χ2v) is 8.65. The SMILES string of the molecule is CN(C(=O)OC(C)(C)C)C(CNS(C)(=O)=O)c1ccccc1C(F)(F)F. The van der Waals surface area contributed by atoms with Crippen molar-refractivity contribution in [2.45, 2.75) is 38.6 Å². The van der Waals surface area contributed by atoms with E-state index >= 15 is 0 Å². The molecule has 1 N–H and O–H groups in total. The molecule has 0 spiro atoms. The molecule has 10 heteroatoms. The topological polar surface area (TPSA) is 75.7 Å². The summed E-state index contributed by atoms with van der Waals surface area (Å²) in [6, 6.07) is 3.49. The quantitative estimate of drug-likeness (QED) is 0.830. The van der Waals surface area contributed by atoms with E-state index in [1.807, 2.05) is 0 Å². The summed E-state index contributed by atoms with van der Waals surface area (Å²) in [5, 5.41) is 0. The minimum atomic E-state index is -4.66. The maximum Gasteiger partial charge on any atom is 0.416 e. The Balaban J connectivity index is 3.32. The molecule has 0 radical (unpaired) electrons. The number of likely N-dealkylation sites (N-methyl/N-ethyl adjacent to an activating group) is 1. The average molecular weight is 396 g/mol. The second-order valence-electron chi connectivity index (χ2n) is 6.81. The van der Waals surface area contributed by atoms with E-state index in [0.29, 0.717) is 0 Å². The number of rotatable bonds is 5. The lowest BCUT2D eigenvalue weighted by atomic mass is 9.99. The Morgan fingerprint density at radius 2 is 1.77 bits per heavy atom. The lowest BCUT2D eigenvalue weighted by Crippen LogP contribution is -2.42. The highest BCUT2D eigenvalue weighted by Crippen LogP contribution is 2.36. The molecule has 0 heterocycles. The lowest BCUT2D eigenvalue weighted by molar-refractivity contribution is -0.138. The molecule has 0 saturated heterocycles. The van der Waals surface area contributed by atoms with Gasteiger partial charge in [0.1, 0.15) is 5.60 Å². The Labute approximate surface area is 151 Å². The van der Waals surface area contributed by atoms with Crippen molar-refractivity contribution < 1.29 is 31.1 Å². The number of nitrogens with one attached hydrogen (secondary N) is 1. The van der Waals surface area contributed by atoms with Crippen LogP contribution in [0, 0.1) is 0 Å². The van der Waals surface area contributed by atoms with Crippen molar-refractivity contribution >= 4 is 16.1 Å². The van der Waals surface area contributed by atoms with Crippen LogP contribution in [0.2, 0.25) is 0 Å². The van der Waals surface area contributed by atoms with Crippen molar-refractivity contribution in [1.82, 2.24) is 9.62 Å². The van der Waals surface area contributed by atoms with Crippen molar-refractivity contribution in [1.29, 1.82) is 0 Å². The Hall–Kier alpha value is -1.81. The molecular weight excluding hydrogens is 373 g/mol. The number of halogens is 3. The molecule has 1 unspecified atom stereocenters. The molecule has 0 saturated carbocycles. The summed E-state index contributed by atoms with van der Waals surface area (Å²) in [5.74, 6) is 0. The van der Waals surface area contributed by atoms with Crippen molar-refractivity contribution in [3.63, 3.8) is 0 Å². The highest BCUT2D eigenvalue weighted by molar-refractivity contribution is 7.88. The molecule has 6 nitrogen and oxygen atoms in total. The van der Waals surface area contributed by atoms with Gasteiger partial charge in [-0.3, -0.25) is 0 Å². The molecule has 1 atom stereocenters. The first-order chi connectivity index (χ1) is 11.6. The number of carbonyl (C=O) groups excluding carboxylic acids is 1. The predicted molar refractivity (Wildman–Crippen MR) is 91.0 cm³/mol. The van der Waals surface area contributed by atoms with E-state index in [9.17, 15) is 26.4 Å². The minimum Gasteiger partial charge on any atom is -0.444 e. The number of nitrogens with zero attached hydrogens (tertiary/aromatic N) is 1. The molecule has 1 aromatic carbocycles. The van der Waals surface area contributed by atoms with E-state index in [1.54, 1.807) is 20.8 Å². The first-order valence-corrected chi connectivity index (χ1v) is 9.57. The molecule has 1 aromatic rings. The lowest BCUT2D eigenvalue weighted by Gasteiger charge is -2.32. The van der Waals surface area contributed by atoms with E-state index in [0.717, 1.165) is 17.2 Å². The molecule has 0 aromatic heterocycles. The van der Waals surface area contributed by atoms with Gasteiger partial charge in [0.2, 0.25) is 10.0 Å². The molecule has 0 aliphatic rings. The molecule has 0 aliphatic carbocycles. The van der Waals surface area contributed by atoms with E-state index in [1.165, 1.54) is 25.2 Å². The monoisotopic (exact) mass is 396 g/mol. The van der Waals surface area contributed by atoms with E-state index < -0.39 is 46.0 Å². The van der Waals surface area contributed by atoms with Crippen LogP contribution < -0.4 is 4.72 Å². The van der Waals surface area contributed by atoms with Gasteiger partial charge >= 0.3 is 12.3 Å². The molecule has 148 valence electrons. The minimum absolute atomic E-state index is 0.232. The van der Waals surface area contributed by atoms with Crippen molar-refractivity contribution in [3.8, 4) is 0 Å². The molecule has 1 amide bonds. The van der Waals surface area contributed by atoms with Gasteiger partial charge in [-0.1, -0.05) is 18.2 Å². The largest absolute Gasteiger partial charge is 0.444 e. The third-order valence-electron chi connectivity index (χ3n) is 3.31. The molecule has 26 heavy (non-hydrogen) atoms. The Morgan fingerprint density at radius 3 is 2.23 bits per heavy atom. The van der Waals surface area contributed by atoms with Gasteiger partial charge in [0.15, 0.2) is 0 Å². The van der Waals surface area contributed by atoms with Crippen molar-refractivity contribution in [2.75, 3.05) is 19.8 Å². The summed E-state index contributed by atoms with van der Waals surface area (Å²) in [7, 11) is -2.42. The van der Waals surface area contributed by atoms with Crippen LogP contribution in [-0.2, 0) is 20.9 Å². The van der Waals surface area contributed by atoms with Crippen LogP contribution in [0.5, 0.6) is 0 Å². The van der Waals surface area contributed by atoms with Crippen molar-refractivity contribution in [3.05, 3.63) is 35.4 Å². The number of ether oxygens (including phenoxy) is 1. The summed E-state index contributed by atoms with van der Waals surface area (Å²) >= 11 is 0. The smallest absolute Gasteiger partial charge is 0.416 e. The van der Waals surface area contributed by atoms with Gasteiger partial charge in [-0.05, 0) is 32.4 Å². The first kappa shape index (κ1) is 22.2. The third-order valence-corrected chi connectivity index (χ3v) is 4.00. The fourth-order valence-electron chi connectivity index (χ4n) is 2.19. The second kappa shape index (κ2) is 7.83. The maximum absolute atomic E-state index is 13.3. The van der Waals surface area contributed by atoms with Crippen LogP contribution >= 0.6 is 0 Å². The zero-order valence-electron chi connectivity index (χ0n) is 15.2. The molecule has 0 bridgehead atoms. The fourth-order valence-corrected chi connectivity index (χ4v) is 2.65. The number of hydrogen-bond donors (Lipinski definition) is 1. The van der Waals surface area contributed by atoms with Crippen LogP contribution in [0.3, 0.4) is 0 Å². The number of hydrogen-bond acceptors (Lipinski definition) is 4. The molecule has 0 fully saturated rings. The van der Waals surface area contributed by atoms with E-state index in [-0.39, 0.29) is 5.56 Å². The number of sulfonamides is 1. The summed E-state index contributed by atoms with van der Waals surface area (Å²) in [4.78, 5) is 13.3. The molecular formula is C16H23F3N2O4S. The number of amides is 1. The van der Waals surface area contributed by atoms with Crippen molar-refractivity contribution in [2.24, 2.45) is 0 Å². The van der Waals surface area contributed by atoms with Gasteiger partial charge in [0.25, 0.3) is 0 Å². The molecule has 1 rings (SSSR count). The van der Waals surface area contributed by atoms with Gasteiger partial charge in [0, 0.05) is 13.6 Å². The van der Waals surface area contributed by atoms with Gasteiger partial charge in [-0.15, -0.1) is 0 Å². The number of carbonyl (C=O) groups is 1.